The van der Waals surface area contributed by atoms with Gasteiger partial charge in [-0.3, -0.25) is 4.79 Å². The van der Waals surface area contributed by atoms with E-state index < -0.39 is 0 Å². The third-order valence-electron chi connectivity index (χ3n) is 3.29. The SMILES string of the molecule is O=C(COc1cccc(Cl)c1)N1CCCC(CO)C1. The van der Waals surface area contributed by atoms with Crippen LogP contribution in [-0.2, 0) is 4.79 Å². The summed E-state index contributed by atoms with van der Waals surface area (Å²) in [7, 11) is 0. The Morgan fingerprint density at radius 2 is 2.37 bits per heavy atom. The second-order valence-corrected chi connectivity index (χ2v) is 5.21. The van der Waals surface area contributed by atoms with Crippen LogP contribution in [0.5, 0.6) is 5.75 Å². The van der Waals surface area contributed by atoms with Crippen LogP contribution in [0, 0.1) is 5.92 Å². The summed E-state index contributed by atoms with van der Waals surface area (Å²) in [5.74, 6) is 0.749. The van der Waals surface area contributed by atoms with Crippen LogP contribution in [0.2, 0.25) is 5.02 Å². The smallest absolute Gasteiger partial charge is 0.260 e. The molecule has 1 aliphatic heterocycles. The highest BCUT2D eigenvalue weighted by atomic mass is 35.5. The van der Waals surface area contributed by atoms with Gasteiger partial charge in [-0.05, 0) is 37.0 Å². The summed E-state index contributed by atoms with van der Waals surface area (Å²) in [6.07, 6.45) is 1.92. The fourth-order valence-electron chi connectivity index (χ4n) is 2.23. The molecule has 1 atom stereocenters. The maximum atomic E-state index is 12.0. The molecule has 0 aromatic heterocycles. The van der Waals surface area contributed by atoms with Crippen molar-refractivity contribution >= 4 is 17.5 Å². The molecule has 1 fully saturated rings. The quantitative estimate of drug-likeness (QED) is 0.919. The van der Waals surface area contributed by atoms with E-state index in [2.05, 4.69) is 0 Å². The van der Waals surface area contributed by atoms with Gasteiger partial charge in [0.1, 0.15) is 5.75 Å². The van der Waals surface area contributed by atoms with Crippen LogP contribution in [0.1, 0.15) is 12.8 Å². The second kappa shape index (κ2) is 6.78. The van der Waals surface area contributed by atoms with Crippen molar-refractivity contribution in [1.82, 2.24) is 4.90 Å². The third-order valence-corrected chi connectivity index (χ3v) is 3.52. The van der Waals surface area contributed by atoms with Gasteiger partial charge < -0.3 is 14.7 Å². The Bertz CT molecular complexity index is 438. The number of rotatable bonds is 4. The predicted octanol–water partition coefficient (Wildman–Crippen LogP) is 1.95. The molecule has 1 saturated heterocycles. The van der Waals surface area contributed by atoms with Crippen molar-refractivity contribution in [1.29, 1.82) is 0 Å². The van der Waals surface area contributed by atoms with Crippen LogP contribution in [-0.4, -0.2) is 42.2 Å². The number of piperidine rings is 1. The number of nitrogens with zero attached hydrogens (tertiary/aromatic N) is 1. The first-order chi connectivity index (χ1) is 9.19. The molecule has 19 heavy (non-hydrogen) atoms. The zero-order chi connectivity index (χ0) is 13.7. The average molecular weight is 284 g/mol. The number of halogens is 1. The van der Waals surface area contributed by atoms with Crippen molar-refractivity contribution in [2.24, 2.45) is 5.92 Å². The zero-order valence-corrected chi connectivity index (χ0v) is 11.5. The maximum Gasteiger partial charge on any atom is 0.260 e. The van der Waals surface area contributed by atoms with E-state index in [1.165, 1.54) is 0 Å². The summed E-state index contributed by atoms with van der Waals surface area (Å²) in [6.45, 7) is 1.51. The molecule has 0 radical (unpaired) electrons. The molecule has 1 heterocycles. The summed E-state index contributed by atoms with van der Waals surface area (Å²) in [4.78, 5) is 13.8. The zero-order valence-electron chi connectivity index (χ0n) is 10.7. The van der Waals surface area contributed by atoms with Gasteiger partial charge in [0.2, 0.25) is 0 Å². The molecule has 104 valence electrons. The minimum atomic E-state index is -0.0434. The predicted molar refractivity (Wildman–Crippen MR) is 73.3 cm³/mol. The van der Waals surface area contributed by atoms with Gasteiger partial charge in [0, 0.05) is 24.7 Å². The second-order valence-electron chi connectivity index (χ2n) is 4.78. The van der Waals surface area contributed by atoms with Gasteiger partial charge in [-0.25, -0.2) is 0 Å². The first-order valence-electron chi connectivity index (χ1n) is 6.46. The molecule has 4 nitrogen and oxygen atoms in total. The molecular formula is C14H18ClNO3. The third kappa shape index (κ3) is 4.11. The first-order valence-corrected chi connectivity index (χ1v) is 6.84. The van der Waals surface area contributed by atoms with Crippen molar-refractivity contribution in [2.45, 2.75) is 12.8 Å². The van der Waals surface area contributed by atoms with E-state index in [-0.39, 0.29) is 25.0 Å². The van der Waals surface area contributed by atoms with Crippen molar-refractivity contribution in [3.8, 4) is 5.75 Å². The van der Waals surface area contributed by atoms with Crippen LogP contribution >= 0.6 is 11.6 Å². The van der Waals surface area contributed by atoms with E-state index in [1.54, 1.807) is 29.2 Å². The lowest BCUT2D eigenvalue weighted by atomic mass is 9.99. The molecule has 1 amide bonds. The number of amides is 1. The van der Waals surface area contributed by atoms with Gasteiger partial charge in [-0.2, -0.15) is 0 Å². The number of carbonyl (C=O) groups is 1. The van der Waals surface area contributed by atoms with Gasteiger partial charge in [-0.15, -0.1) is 0 Å². The molecular weight excluding hydrogens is 266 g/mol. The van der Waals surface area contributed by atoms with Crippen LogP contribution in [0.4, 0.5) is 0 Å². The molecule has 1 aliphatic rings. The van der Waals surface area contributed by atoms with Crippen molar-refractivity contribution < 1.29 is 14.6 Å². The summed E-state index contributed by atoms with van der Waals surface area (Å²) >= 11 is 5.84. The number of ether oxygens (including phenoxy) is 1. The Morgan fingerprint density at radius 3 is 3.11 bits per heavy atom. The molecule has 0 saturated carbocycles. The van der Waals surface area contributed by atoms with Gasteiger partial charge >= 0.3 is 0 Å². The Kier molecular flexibility index (Phi) is 5.05. The first kappa shape index (κ1) is 14.2. The lowest BCUT2D eigenvalue weighted by Gasteiger charge is -2.31. The van der Waals surface area contributed by atoms with Gasteiger partial charge in [0.05, 0.1) is 0 Å². The molecule has 1 N–H and O–H groups in total. The highest BCUT2D eigenvalue weighted by molar-refractivity contribution is 6.30. The molecule has 1 aromatic carbocycles. The summed E-state index contributed by atoms with van der Waals surface area (Å²) < 4.78 is 5.43. The number of likely N-dealkylation sites (tertiary alicyclic amines) is 1. The number of hydrogen-bond acceptors (Lipinski definition) is 3. The van der Waals surface area contributed by atoms with Gasteiger partial charge in [-0.1, -0.05) is 17.7 Å². The average Bonchev–Trinajstić information content (AvgIpc) is 2.45. The van der Waals surface area contributed by atoms with Crippen LogP contribution < -0.4 is 4.74 Å². The highest BCUT2D eigenvalue weighted by Crippen LogP contribution is 2.18. The van der Waals surface area contributed by atoms with E-state index in [0.717, 1.165) is 19.4 Å². The van der Waals surface area contributed by atoms with E-state index in [0.29, 0.717) is 17.3 Å². The largest absolute Gasteiger partial charge is 0.484 e. The number of benzene rings is 1. The lowest BCUT2D eigenvalue weighted by molar-refractivity contribution is -0.135. The van der Waals surface area contributed by atoms with E-state index >= 15 is 0 Å². The summed E-state index contributed by atoms with van der Waals surface area (Å²) in [5.41, 5.74) is 0. The normalized spacial score (nSPS) is 19.3. The van der Waals surface area contributed by atoms with E-state index in [4.69, 9.17) is 21.4 Å². The maximum absolute atomic E-state index is 12.0. The lowest BCUT2D eigenvalue weighted by Crippen LogP contribution is -2.43. The standard InChI is InChI=1S/C14H18ClNO3/c15-12-4-1-5-13(7-12)19-10-14(18)16-6-2-3-11(8-16)9-17/h1,4-5,7,11,17H,2-3,6,8-10H2. The summed E-state index contributed by atoms with van der Waals surface area (Å²) in [5, 5.41) is 9.73. The number of aliphatic hydroxyl groups is 1. The number of carbonyl (C=O) groups excluding carboxylic acids is 1. The van der Waals surface area contributed by atoms with E-state index in [1.807, 2.05) is 0 Å². The topological polar surface area (TPSA) is 49.8 Å². The molecule has 2 rings (SSSR count). The number of aliphatic hydroxyl groups excluding tert-OH is 1. The fraction of sp³-hybridized carbons (Fsp3) is 0.500. The monoisotopic (exact) mass is 283 g/mol. The van der Waals surface area contributed by atoms with Gasteiger partial charge in [0.25, 0.3) is 5.91 Å². The highest BCUT2D eigenvalue weighted by Gasteiger charge is 2.23. The molecule has 1 aromatic rings. The van der Waals surface area contributed by atoms with Crippen LogP contribution in [0.15, 0.2) is 24.3 Å². The minimum Gasteiger partial charge on any atom is -0.484 e. The van der Waals surface area contributed by atoms with Crippen molar-refractivity contribution in [3.05, 3.63) is 29.3 Å². The Balaban J connectivity index is 1.84. The number of hydrogen-bond donors (Lipinski definition) is 1. The van der Waals surface area contributed by atoms with Crippen molar-refractivity contribution in [3.63, 3.8) is 0 Å². The Labute approximate surface area is 117 Å². The van der Waals surface area contributed by atoms with E-state index in [9.17, 15) is 4.79 Å². The Morgan fingerprint density at radius 1 is 1.53 bits per heavy atom. The fourth-order valence-corrected chi connectivity index (χ4v) is 2.41. The Hall–Kier alpha value is -1.26. The molecule has 1 unspecified atom stereocenters. The molecule has 0 bridgehead atoms. The summed E-state index contributed by atoms with van der Waals surface area (Å²) in [6, 6.07) is 6.99. The molecule has 5 heteroatoms. The van der Waals surface area contributed by atoms with Crippen LogP contribution in [0.3, 0.4) is 0 Å². The van der Waals surface area contributed by atoms with Gasteiger partial charge in [0.15, 0.2) is 6.61 Å². The molecule has 0 aliphatic carbocycles. The van der Waals surface area contributed by atoms with Crippen molar-refractivity contribution in [2.75, 3.05) is 26.3 Å². The minimum absolute atomic E-state index is 0.0124. The van der Waals surface area contributed by atoms with Crippen LogP contribution in [0.25, 0.3) is 0 Å². The molecule has 0 spiro atoms.